The molecule has 0 spiro atoms. The van der Waals surface area contributed by atoms with Crippen molar-refractivity contribution in [1.82, 2.24) is 4.90 Å². The molecule has 2 amide bonds. The zero-order valence-corrected chi connectivity index (χ0v) is 11.8. The van der Waals surface area contributed by atoms with Gasteiger partial charge in [0.25, 0.3) is 17.5 Å². The summed E-state index contributed by atoms with van der Waals surface area (Å²) in [7, 11) is 0. The quantitative estimate of drug-likeness (QED) is 0.360. The maximum absolute atomic E-state index is 12.5. The van der Waals surface area contributed by atoms with Gasteiger partial charge in [-0.3, -0.25) is 29.4 Å². The maximum Gasteiger partial charge on any atom is 0.282 e. The number of hydrogen-bond acceptors (Lipinski definition) is 5. The standard InChI is InChI=1S/C15H14N2O5/c18-12-8-3-1-2-6-10(12)16-14(19)9-5-4-7-11(17(21)22)13(9)15(16)20/h4-5,7,10H,1-3,6,8H2/t10-/m1/s1. The first-order chi connectivity index (χ1) is 10.5. The summed E-state index contributed by atoms with van der Waals surface area (Å²) in [5.41, 5.74) is -0.579. The van der Waals surface area contributed by atoms with Gasteiger partial charge in [-0.25, -0.2) is 0 Å². The molecule has 3 rings (SSSR count). The average Bonchev–Trinajstić information content (AvgIpc) is 2.65. The Bertz CT molecular complexity index is 697. The van der Waals surface area contributed by atoms with Gasteiger partial charge in [0, 0.05) is 12.5 Å². The summed E-state index contributed by atoms with van der Waals surface area (Å²) in [6.45, 7) is 0. The number of Topliss-reactive ketones (excluding diaryl/α,β-unsaturated/α-hetero) is 1. The van der Waals surface area contributed by atoms with Crippen molar-refractivity contribution in [1.29, 1.82) is 0 Å². The van der Waals surface area contributed by atoms with Crippen LogP contribution in [0.4, 0.5) is 5.69 Å². The number of carbonyl (C=O) groups is 3. The van der Waals surface area contributed by atoms with Gasteiger partial charge in [-0.15, -0.1) is 0 Å². The number of nitrogens with zero attached hydrogens (tertiary/aromatic N) is 2. The second-order valence-corrected chi connectivity index (χ2v) is 5.52. The number of nitro groups is 1. The Hall–Kier alpha value is -2.57. The van der Waals surface area contributed by atoms with Gasteiger partial charge in [0.05, 0.1) is 16.5 Å². The molecule has 0 saturated heterocycles. The SMILES string of the molecule is O=C1CCCCC[C@H]1N1C(=O)c2cccc([N+](=O)[O-])c2C1=O. The molecule has 22 heavy (non-hydrogen) atoms. The molecule has 114 valence electrons. The molecule has 0 N–H and O–H groups in total. The van der Waals surface area contributed by atoms with Crippen LogP contribution in [0.3, 0.4) is 0 Å². The van der Waals surface area contributed by atoms with Gasteiger partial charge in [0.15, 0.2) is 5.78 Å². The number of amides is 2. The minimum atomic E-state index is -0.797. The van der Waals surface area contributed by atoms with E-state index in [0.29, 0.717) is 12.8 Å². The Balaban J connectivity index is 2.05. The molecule has 1 aliphatic carbocycles. The third kappa shape index (κ3) is 2.09. The molecule has 7 nitrogen and oxygen atoms in total. The highest BCUT2D eigenvalue weighted by atomic mass is 16.6. The molecule has 1 aliphatic heterocycles. The fourth-order valence-corrected chi connectivity index (χ4v) is 3.14. The Morgan fingerprint density at radius 2 is 1.86 bits per heavy atom. The van der Waals surface area contributed by atoms with E-state index in [4.69, 9.17) is 0 Å². The van der Waals surface area contributed by atoms with Crippen LogP contribution in [0, 0.1) is 10.1 Å². The molecule has 0 unspecified atom stereocenters. The lowest BCUT2D eigenvalue weighted by Gasteiger charge is -2.23. The zero-order valence-electron chi connectivity index (χ0n) is 11.8. The van der Waals surface area contributed by atoms with Crippen molar-refractivity contribution in [3.63, 3.8) is 0 Å². The summed E-state index contributed by atoms with van der Waals surface area (Å²) in [4.78, 5) is 48.5. The molecule has 7 heteroatoms. The Labute approximate surface area is 126 Å². The highest BCUT2D eigenvalue weighted by Crippen LogP contribution is 2.34. The molecule has 1 heterocycles. The lowest BCUT2D eigenvalue weighted by Crippen LogP contribution is -2.44. The van der Waals surface area contributed by atoms with Gasteiger partial charge in [-0.05, 0) is 18.9 Å². The zero-order chi connectivity index (χ0) is 15.9. The van der Waals surface area contributed by atoms with Gasteiger partial charge in [-0.1, -0.05) is 18.9 Å². The fourth-order valence-electron chi connectivity index (χ4n) is 3.14. The minimum Gasteiger partial charge on any atom is -0.297 e. The van der Waals surface area contributed by atoms with E-state index in [1.165, 1.54) is 18.2 Å². The van der Waals surface area contributed by atoms with Gasteiger partial charge < -0.3 is 0 Å². The summed E-state index contributed by atoms with van der Waals surface area (Å²) in [5, 5.41) is 11.1. The smallest absolute Gasteiger partial charge is 0.282 e. The summed E-state index contributed by atoms with van der Waals surface area (Å²) >= 11 is 0. The van der Waals surface area contributed by atoms with Crippen LogP contribution in [0.5, 0.6) is 0 Å². The molecule has 2 aliphatic rings. The Morgan fingerprint density at radius 3 is 2.59 bits per heavy atom. The van der Waals surface area contributed by atoms with Crippen LogP contribution >= 0.6 is 0 Å². The Kier molecular flexibility index (Phi) is 3.48. The number of fused-ring (bicyclic) bond motifs is 1. The van der Waals surface area contributed by atoms with E-state index in [9.17, 15) is 24.5 Å². The summed E-state index contributed by atoms with van der Waals surface area (Å²) < 4.78 is 0. The molecular weight excluding hydrogens is 288 g/mol. The topological polar surface area (TPSA) is 97.6 Å². The van der Waals surface area contributed by atoms with E-state index in [0.717, 1.165) is 24.2 Å². The van der Waals surface area contributed by atoms with Crippen LogP contribution in [0.2, 0.25) is 0 Å². The summed E-state index contributed by atoms with van der Waals surface area (Å²) in [6, 6.07) is 3.17. The molecule has 1 fully saturated rings. The average molecular weight is 302 g/mol. The van der Waals surface area contributed by atoms with Crippen LogP contribution in [0.15, 0.2) is 18.2 Å². The van der Waals surface area contributed by atoms with Crippen molar-refractivity contribution < 1.29 is 19.3 Å². The highest BCUT2D eigenvalue weighted by molar-refractivity contribution is 6.24. The molecule has 0 radical (unpaired) electrons. The molecule has 1 saturated carbocycles. The van der Waals surface area contributed by atoms with Crippen LogP contribution in [-0.2, 0) is 4.79 Å². The third-order valence-electron chi connectivity index (χ3n) is 4.21. The number of benzene rings is 1. The molecule has 0 bridgehead atoms. The van der Waals surface area contributed by atoms with Crippen LogP contribution in [-0.4, -0.2) is 33.5 Å². The van der Waals surface area contributed by atoms with Gasteiger partial charge >= 0.3 is 0 Å². The number of rotatable bonds is 2. The molecule has 1 aromatic carbocycles. The van der Waals surface area contributed by atoms with Crippen molar-refractivity contribution in [2.45, 2.75) is 38.1 Å². The van der Waals surface area contributed by atoms with Crippen molar-refractivity contribution in [3.05, 3.63) is 39.4 Å². The fraction of sp³-hybridized carbons (Fsp3) is 0.400. The second-order valence-electron chi connectivity index (χ2n) is 5.52. The molecule has 0 aromatic heterocycles. The normalized spacial score (nSPS) is 21.7. The lowest BCUT2D eigenvalue weighted by molar-refractivity contribution is -0.385. The van der Waals surface area contributed by atoms with Gasteiger partial charge in [-0.2, -0.15) is 0 Å². The monoisotopic (exact) mass is 302 g/mol. The number of nitro benzene ring substituents is 1. The molecule has 1 aromatic rings. The molecule has 1 atom stereocenters. The van der Waals surface area contributed by atoms with Crippen LogP contribution in [0.25, 0.3) is 0 Å². The van der Waals surface area contributed by atoms with Crippen LogP contribution in [0.1, 0.15) is 52.8 Å². The van der Waals surface area contributed by atoms with E-state index in [-0.39, 0.29) is 22.6 Å². The first kappa shape index (κ1) is 14.4. The summed E-state index contributed by atoms with van der Waals surface area (Å²) in [5.74, 6) is -1.48. The van der Waals surface area contributed by atoms with E-state index in [1.807, 2.05) is 0 Å². The second kappa shape index (κ2) is 5.32. The van der Waals surface area contributed by atoms with Crippen molar-refractivity contribution in [2.75, 3.05) is 0 Å². The first-order valence-corrected chi connectivity index (χ1v) is 7.20. The number of ketones is 1. The number of imide groups is 1. The van der Waals surface area contributed by atoms with Crippen molar-refractivity contribution >= 4 is 23.3 Å². The maximum atomic E-state index is 12.5. The van der Waals surface area contributed by atoms with Gasteiger partial charge in [0.1, 0.15) is 5.56 Å². The Morgan fingerprint density at radius 1 is 1.09 bits per heavy atom. The first-order valence-electron chi connectivity index (χ1n) is 7.20. The van der Waals surface area contributed by atoms with E-state index < -0.39 is 22.8 Å². The van der Waals surface area contributed by atoms with Crippen molar-refractivity contribution in [3.8, 4) is 0 Å². The van der Waals surface area contributed by atoms with E-state index in [1.54, 1.807) is 0 Å². The predicted octanol–water partition coefficient (Wildman–Crippen LogP) is 2.09. The number of carbonyl (C=O) groups excluding carboxylic acids is 3. The summed E-state index contributed by atoms with van der Waals surface area (Å²) in [6.07, 6.45) is 3.15. The minimum absolute atomic E-state index is 0.0104. The highest BCUT2D eigenvalue weighted by Gasteiger charge is 2.46. The van der Waals surface area contributed by atoms with Gasteiger partial charge in [0.2, 0.25) is 0 Å². The third-order valence-corrected chi connectivity index (χ3v) is 4.21. The predicted molar refractivity (Wildman–Crippen MR) is 75.5 cm³/mol. The van der Waals surface area contributed by atoms with E-state index >= 15 is 0 Å². The molecular formula is C15H14N2O5. The number of hydrogen-bond donors (Lipinski definition) is 0. The lowest BCUT2D eigenvalue weighted by atomic mass is 10.1. The largest absolute Gasteiger partial charge is 0.297 e. The van der Waals surface area contributed by atoms with Crippen molar-refractivity contribution in [2.24, 2.45) is 0 Å². The van der Waals surface area contributed by atoms with E-state index in [2.05, 4.69) is 0 Å². The van der Waals surface area contributed by atoms with Crippen LogP contribution < -0.4 is 0 Å².